The molecule has 1 aromatic rings. The van der Waals surface area contributed by atoms with Gasteiger partial charge in [-0.15, -0.1) is 0 Å². The monoisotopic (exact) mass is 553 g/mol. The number of unbranched alkanes of at least 4 members (excludes halogenated alkanes) is 1. The Labute approximate surface area is 228 Å². The van der Waals surface area contributed by atoms with Gasteiger partial charge in [0, 0.05) is 6.42 Å². The predicted molar refractivity (Wildman–Crippen MR) is 149 cm³/mol. The molecule has 214 valence electrons. The number of amides is 3. The van der Waals surface area contributed by atoms with Gasteiger partial charge in [-0.2, -0.15) is 11.8 Å². The van der Waals surface area contributed by atoms with Crippen LogP contribution in [-0.2, 0) is 25.6 Å². The first-order valence-corrected chi connectivity index (χ1v) is 14.2. The third kappa shape index (κ3) is 12.6. The lowest BCUT2D eigenvalue weighted by atomic mass is 10.0. The number of carbonyl (C=O) groups is 4. The number of nitrogens with two attached hydrogens (primary N) is 2. The van der Waals surface area contributed by atoms with E-state index in [1.165, 1.54) is 12.1 Å². The minimum absolute atomic E-state index is 0.00914. The molecule has 11 nitrogen and oxygen atoms in total. The van der Waals surface area contributed by atoms with E-state index in [0.717, 1.165) is 0 Å². The van der Waals surface area contributed by atoms with Crippen molar-refractivity contribution in [1.29, 1.82) is 0 Å². The molecular weight excluding hydrogens is 510 g/mol. The minimum Gasteiger partial charge on any atom is -0.508 e. The van der Waals surface area contributed by atoms with Gasteiger partial charge >= 0.3 is 5.97 Å². The number of rotatable bonds is 18. The molecule has 0 saturated heterocycles. The molecule has 38 heavy (non-hydrogen) atoms. The van der Waals surface area contributed by atoms with E-state index in [9.17, 15) is 29.4 Å². The number of benzene rings is 1. The zero-order valence-electron chi connectivity index (χ0n) is 22.4. The highest BCUT2D eigenvalue weighted by molar-refractivity contribution is 7.98. The summed E-state index contributed by atoms with van der Waals surface area (Å²) in [6.07, 6.45) is 4.10. The number of nitrogens with one attached hydrogen (secondary N) is 3. The van der Waals surface area contributed by atoms with Crippen LogP contribution in [0.3, 0.4) is 0 Å². The lowest BCUT2D eigenvalue weighted by Gasteiger charge is -2.26. The van der Waals surface area contributed by atoms with Crippen molar-refractivity contribution in [2.45, 2.75) is 76.5 Å². The second-order valence-corrected chi connectivity index (χ2v) is 10.7. The molecule has 0 unspecified atom stereocenters. The summed E-state index contributed by atoms with van der Waals surface area (Å²) in [6.45, 7) is 4.22. The van der Waals surface area contributed by atoms with Crippen LogP contribution < -0.4 is 27.4 Å². The average Bonchev–Trinajstić information content (AvgIpc) is 2.86. The molecule has 3 amide bonds. The van der Waals surface area contributed by atoms with Gasteiger partial charge in [0.15, 0.2) is 0 Å². The predicted octanol–water partition coefficient (Wildman–Crippen LogP) is 0.729. The summed E-state index contributed by atoms with van der Waals surface area (Å²) in [5.41, 5.74) is 12.2. The number of carboxylic acids is 1. The van der Waals surface area contributed by atoms with E-state index in [1.807, 2.05) is 20.1 Å². The smallest absolute Gasteiger partial charge is 0.326 e. The molecule has 0 fully saturated rings. The summed E-state index contributed by atoms with van der Waals surface area (Å²) < 4.78 is 0. The van der Waals surface area contributed by atoms with Crippen LogP contribution in [-0.4, -0.2) is 76.6 Å². The number of phenols is 1. The fourth-order valence-corrected chi connectivity index (χ4v) is 4.22. The van der Waals surface area contributed by atoms with Gasteiger partial charge in [-0.05, 0) is 74.3 Å². The maximum atomic E-state index is 13.2. The number of hydrogen-bond donors (Lipinski definition) is 7. The highest BCUT2D eigenvalue weighted by atomic mass is 32.2. The third-order valence-corrected chi connectivity index (χ3v) is 6.52. The largest absolute Gasteiger partial charge is 0.508 e. The first-order valence-electron chi connectivity index (χ1n) is 12.8. The zero-order valence-corrected chi connectivity index (χ0v) is 23.3. The maximum absolute atomic E-state index is 13.2. The fraction of sp³-hybridized carbons (Fsp3) is 0.615. The summed E-state index contributed by atoms with van der Waals surface area (Å²) in [7, 11) is 0. The van der Waals surface area contributed by atoms with Gasteiger partial charge in [-0.3, -0.25) is 14.4 Å². The maximum Gasteiger partial charge on any atom is 0.326 e. The zero-order chi connectivity index (χ0) is 28.7. The molecule has 9 N–H and O–H groups in total. The highest BCUT2D eigenvalue weighted by Crippen LogP contribution is 2.13. The molecule has 0 bridgehead atoms. The van der Waals surface area contributed by atoms with E-state index < -0.39 is 47.9 Å². The quantitative estimate of drug-likeness (QED) is 0.128. The summed E-state index contributed by atoms with van der Waals surface area (Å²) >= 11 is 1.57. The Balaban J connectivity index is 3.00. The van der Waals surface area contributed by atoms with Crippen LogP contribution in [0.25, 0.3) is 0 Å². The van der Waals surface area contributed by atoms with Crippen LogP contribution in [0.5, 0.6) is 5.75 Å². The van der Waals surface area contributed by atoms with E-state index in [0.29, 0.717) is 43.5 Å². The first-order chi connectivity index (χ1) is 18.0. The SMILES string of the molecule is CSCC[C@H](N)C(=O)N[C@@H](CC(C)C)C(=O)N[C@@H](CCCCN)C(=O)N[C@@H](Cc1ccc(O)cc1)C(=O)O. The summed E-state index contributed by atoms with van der Waals surface area (Å²) in [5, 5.41) is 27.1. The molecule has 4 atom stereocenters. The summed E-state index contributed by atoms with van der Waals surface area (Å²) in [4.78, 5) is 50.8. The number of hydrogen-bond acceptors (Lipinski definition) is 8. The molecule has 0 saturated carbocycles. The second kappa shape index (κ2) is 17.6. The number of aliphatic carboxylic acids is 1. The Kier molecular flexibility index (Phi) is 15.4. The molecule has 12 heteroatoms. The van der Waals surface area contributed by atoms with Crippen molar-refractivity contribution in [2.75, 3.05) is 18.6 Å². The van der Waals surface area contributed by atoms with E-state index >= 15 is 0 Å². The van der Waals surface area contributed by atoms with E-state index in [1.54, 1.807) is 23.9 Å². The number of carboxylic acid groups (broad SMARTS) is 1. The van der Waals surface area contributed by atoms with Gasteiger partial charge in [-0.1, -0.05) is 26.0 Å². The van der Waals surface area contributed by atoms with Crippen LogP contribution in [0.4, 0.5) is 0 Å². The van der Waals surface area contributed by atoms with Crippen molar-refractivity contribution < 1.29 is 29.4 Å². The van der Waals surface area contributed by atoms with E-state index in [2.05, 4.69) is 16.0 Å². The van der Waals surface area contributed by atoms with Crippen LogP contribution in [0, 0.1) is 5.92 Å². The normalized spacial score (nSPS) is 14.3. The molecule has 0 radical (unpaired) electrons. The Morgan fingerprint density at radius 2 is 1.47 bits per heavy atom. The highest BCUT2D eigenvalue weighted by Gasteiger charge is 2.30. The van der Waals surface area contributed by atoms with Crippen molar-refractivity contribution in [2.24, 2.45) is 17.4 Å². The van der Waals surface area contributed by atoms with Crippen LogP contribution in [0.1, 0.15) is 51.5 Å². The lowest BCUT2D eigenvalue weighted by molar-refractivity contribution is -0.142. The summed E-state index contributed by atoms with van der Waals surface area (Å²) in [5.74, 6) is -2.05. The van der Waals surface area contributed by atoms with E-state index in [4.69, 9.17) is 11.5 Å². The Morgan fingerprint density at radius 1 is 0.895 bits per heavy atom. The molecule has 0 aliphatic rings. The van der Waals surface area contributed by atoms with Gasteiger partial charge in [-0.25, -0.2) is 4.79 Å². The van der Waals surface area contributed by atoms with Gasteiger partial charge < -0.3 is 37.6 Å². The molecule has 0 aromatic heterocycles. The topological polar surface area (TPSA) is 197 Å². The second-order valence-electron chi connectivity index (χ2n) is 9.69. The number of carbonyl (C=O) groups excluding carboxylic acids is 3. The molecule has 0 aliphatic heterocycles. The van der Waals surface area contributed by atoms with Crippen molar-refractivity contribution in [3.63, 3.8) is 0 Å². The van der Waals surface area contributed by atoms with Crippen LogP contribution >= 0.6 is 11.8 Å². The summed E-state index contributed by atoms with van der Waals surface area (Å²) in [6, 6.07) is 2.07. The lowest BCUT2D eigenvalue weighted by Crippen LogP contribution is -2.57. The van der Waals surface area contributed by atoms with Gasteiger partial charge in [0.1, 0.15) is 23.9 Å². The molecular formula is C26H43N5O6S. The van der Waals surface area contributed by atoms with Gasteiger partial charge in [0.25, 0.3) is 0 Å². The number of aromatic hydroxyl groups is 1. The van der Waals surface area contributed by atoms with Gasteiger partial charge in [0.05, 0.1) is 6.04 Å². The van der Waals surface area contributed by atoms with Gasteiger partial charge in [0.2, 0.25) is 17.7 Å². The number of thioether (sulfide) groups is 1. The molecule has 0 heterocycles. The van der Waals surface area contributed by atoms with Crippen LogP contribution in [0.15, 0.2) is 24.3 Å². The first kappa shape index (κ1) is 33.2. The van der Waals surface area contributed by atoms with E-state index in [-0.39, 0.29) is 24.5 Å². The molecule has 0 spiro atoms. The third-order valence-electron chi connectivity index (χ3n) is 5.88. The Morgan fingerprint density at radius 3 is 2.03 bits per heavy atom. The Bertz CT molecular complexity index is 899. The Hall–Kier alpha value is -2.83. The number of phenolic OH excluding ortho intramolecular Hbond substituents is 1. The van der Waals surface area contributed by atoms with Crippen molar-refractivity contribution >= 4 is 35.5 Å². The molecule has 1 rings (SSSR count). The minimum atomic E-state index is -1.25. The van der Waals surface area contributed by atoms with Crippen molar-refractivity contribution in [3.8, 4) is 5.75 Å². The standard InChI is InChI=1S/C26H43N5O6S/c1-16(2)14-21(30-23(33)19(28)11-13-38-3)25(35)29-20(6-4-5-12-27)24(34)31-22(26(36)37)15-17-7-9-18(32)10-8-17/h7-10,16,19-22,32H,4-6,11-15,27-28H2,1-3H3,(H,29,35)(H,30,33)(H,31,34)(H,36,37)/t19-,20-,21-,22-/m0/s1. The molecule has 0 aliphatic carbocycles. The van der Waals surface area contributed by atoms with Crippen molar-refractivity contribution in [3.05, 3.63) is 29.8 Å². The fourth-order valence-electron chi connectivity index (χ4n) is 3.73. The average molecular weight is 554 g/mol. The molecule has 1 aromatic carbocycles. The van der Waals surface area contributed by atoms with Crippen molar-refractivity contribution in [1.82, 2.24) is 16.0 Å². The van der Waals surface area contributed by atoms with Crippen LogP contribution in [0.2, 0.25) is 0 Å².